The summed E-state index contributed by atoms with van der Waals surface area (Å²) in [4.78, 5) is 23.6. The lowest BCUT2D eigenvalue weighted by Gasteiger charge is -2.27. The van der Waals surface area contributed by atoms with E-state index in [2.05, 4.69) is 5.32 Å². The molecule has 5 nitrogen and oxygen atoms in total. The zero-order valence-electron chi connectivity index (χ0n) is 11.5. The number of carboxylic acids is 1. The minimum Gasteiger partial charge on any atom is -0.479 e. The molecule has 1 aromatic rings. The molecular weight excluding hydrogens is 256 g/mol. The third-order valence-corrected chi connectivity index (χ3v) is 3.82. The number of nitrogens with one attached hydrogen (secondary N) is 1. The normalized spacial score (nSPS) is 18.9. The highest BCUT2D eigenvalue weighted by atomic mass is 16.4. The van der Waals surface area contributed by atoms with Gasteiger partial charge in [-0.3, -0.25) is 4.79 Å². The molecule has 0 bridgehead atoms. The highest BCUT2D eigenvalue weighted by Gasteiger charge is 2.38. The van der Waals surface area contributed by atoms with E-state index in [1.807, 2.05) is 0 Å². The van der Waals surface area contributed by atoms with E-state index >= 15 is 0 Å². The van der Waals surface area contributed by atoms with Crippen LogP contribution in [0.4, 0.5) is 0 Å². The Hall–Kier alpha value is -1.88. The summed E-state index contributed by atoms with van der Waals surface area (Å²) >= 11 is 0. The lowest BCUT2D eigenvalue weighted by Crippen LogP contribution is -2.50. The molecule has 0 spiro atoms. The fraction of sp³-hybridized carbons (Fsp3) is 0.467. The van der Waals surface area contributed by atoms with Gasteiger partial charge in [0.1, 0.15) is 0 Å². The van der Waals surface area contributed by atoms with Crippen LogP contribution in [0.25, 0.3) is 0 Å². The first-order chi connectivity index (χ1) is 9.43. The van der Waals surface area contributed by atoms with Crippen LogP contribution in [-0.4, -0.2) is 23.0 Å². The summed E-state index contributed by atoms with van der Waals surface area (Å²) in [6.45, 7) is 1.49. The first kappa shape index (κ1) is 14.5. The molecule has 2 atom stereocenters. The van der Waals surface area contributed by atoms with Crippen molar-refractivity contribution in [1.29, 1.82) is 0 Å². The van der Waals surface area contributed by atoms with E-state index in [0.29, 0.717) is 11.5 Å². The van der Waals surface area contributed by atoms with Crippen LogP contribution in [0, 0.1) is 5.92 Å². The van der Waals surface area contributed by atoms with Crippen LogP contribution >= 0.6 is 0 Å². The second-order valence-corrected chi connectivity index (χ2v) is 5.55. The summed E-state index contributed by atoms with van der Waals surface area (Å²) in [5, 5.41) is 12.0. The van der Waals surface area contributed by atoms with E-state index in [4.69, 9.17) is 5.73 Å². The molecule has 20 heavy (non-hydrogen) atoms. The zero-order chi connectivity index (χ0) is 14.8. The molecule has 1 amide bonds. The Kier molecular flexibility index (Phi) is 4.09. The smallest absolute Gasteiger partial charge is 0.333 e. The number of carbonyl (C=O) groups is 2. The Morgan fingerprint density at radius 1 is 1.40 bits per heavy atom. The van der Waals surface area contributed by atoms with Crippen molar-refractivity contribution >= 4 is 11.9 Å². The highest BCUT2D eigenvalue weighted by molar-refractivity contribution is 5.88. The van der Waals surface area contributed by atoms with Crippen molar-refractivity contribution in [1.82, 2.24) is 5.32 Å². The van der Waals surface area contributed by atoms with Gasteiger partial charge in [0, 0.05) is 12.5 Å². The van der Waals surface area contributed by atoms with Gasteiger partial charge in [-0.15, -0.1) is 0 Å². The first-order valence-corrected chi connectivity index (χ1v) is 6.79. The summed E-state index contributed by atoms with van der Waals surface area (Å²) < 4.78 is 0. The summed E-state index contributed by atoms with van der Waals surface area (Å²) in [6.07, 6.45) is 2.28. The standard InChI is InChI=1S/C15H20N2O3/c1-15(14(19)20,11-5-3-2-4-6-11)17-13(18)9-12(16)10-7-8-10/h2-6,10,12H,7-9,16H2,1H3,(H,17,18)(H,19,20). The van der Waals surface area contributed by atoms with Crippen LogP contribution in [0.3, 0.4) is 0 Å². The second-order valence-electron chi connectivity index (χ2n) is 5.55. The molecule has 108 valence electrons. The topological polar surface area (TPSA) is 92.4 Å². The van der Waals surface area contributed by atoms with Gasteiger partial charge in [-0.25, -0.2) is 4.79 Å². The van der Waals surface area contributed by atoms with Crippen molar-refractivity contribution in [3.05, 3.63) is 35.9 Å². The number of carbonyl (C=O) groups excluding carboxylic acids is 1. The molecule has 0 radical (unpaired) electrons. The summed E-state index contributed by atoms with van der Waals surface area (Å²) in [7, 11) is 0. The van der Waals surface area contributed by atoms with Gasteiger partial charge in [-0.2, -0.15) is 0 Å². The third kappa shape index (κ3) is 3.17. The fourth-order valence-electron chi connectivity index (χ4n) is 2.26. The molecule has 5 heteroatoms. The van der Waals surface area contributed by atoms with Crippen molar-refractivity contribution in [3.8, 4) is 0 Å². The van der Waals surface area contributed by atoms with E-state index in [-0.39, 0.29) is 18.4 Å². The maximum absolute atomic E-state index is 12.0. The molecule has 1 aliphatic rings. The molecular formula is C15H20N2O3. The Labute approximate surface area is 118 Å². The first-order valence-electron chi connectivity index (χ1n) is 6.79. The van der Waals surface area contributed by atoms with Gasteiger partial charge in [-0.05, 0) is 31.2 Å². The lowest BCUT2D eigenvalue weighted by molar-refractivity contribution is -0.147. The van der Waals surface area contributed by atoms with Crippen LogP contribution in [0.2, 0.25) is 0 Å². The number of amides is 1. The third-order valence-electron chi connectivity index (χ3n) is 3.82. The fourth-order valence-corrected chi connectivity index (χ4v) is 2.26. The van der Waals surface area contributed by atoms with Gasteiger partial charge in [0.25, 0.3) is 0 Å². The molecule has 0 aromatic heterocycles. The minimum absolute atomic E-state index is 0.167. The number of hydrogen-bond donors (Lipinski definition) is 3. The van der Waals surface area contributed by atoms with Crippen molar-refractivity contribution in [2.45, 2.75) is 37.8 Å². The van der Waals surface area contributed by atoms with Crippen LogP contribution in [-0.2, 0) is 15.1 Å². The number of rotatable bonds is 6. The maximum atomic E-state index is 12.0. The molecule has 1 fully saturated rings. The molecule has 0 heterocycles. The van der Waals surface area contributed by atoms with E-state index < -0.39 is 11.5 Å². The van der Waals surface area contributed by atoms with Crippen molar-refractivity contribution < 1.29 is 14.7 Å². The van der Waals surface area contributed by atoms with Crippen molar-refractivity contribution in [3.63, 3.8) is 0 Å². The molecule has 0 aliphatic heterocycles. The number of aliphatic carboxylic acids is 1. The van der Waals surface area contributed by atoms with E-state index in [0.717, 1.165) is 12.8 Å². The minimum atomic E-state index is -1.43. The largest absolute Gasteiger partial charge is 0.479 e. The molecule has 2 unspecified atom stereocenters. The van der Waals surface area contributed by atoms with E-state index in [1.165, 1.54) is 6.92 Å². The van der Waals surface area contributed by atoms with Gasteiger partial charge < -0.3 is 16.2 Å². The molecule has 1 aromatic carbocycles. The van der Waals surface area contributed by atoms with Gasteiger partial charge in [-0.1, -0.05) is 30.3 Å². The Morgan fingerprint density at radius 3 is 2.50 bits per heavy atom. The molecule has 2 rings (SSSR count). The Bertz CT molecular complexity index is 499. The lowest BCUT2D eigenvalue weighted by atomic mass is 9.91. The van der Waals surface area contributed by atoms with Gasteiger partial charge in [0.05, 0.1) is 0 Å². The van der Waals surface area contributed by atoms with Gasteiger partial charge >= 0.3 is 5.97 Å². The molecule has 0 saturated heterocycles. The molecule has 1 saturated carbocycles. The summed E-state index contributed by atoms with van der Waals surface area (Å²) in [5.74, 6) is -0.997. The van der Waals surface area contributed by atoms with Gasteiger partial charge in [0.2, 0.25) is 5.91 Å². The predicted octanol–water partition coefficient (Wildman–Crippen LogP) is 1.23. The quantitative estimate of drug-likeness (QED) is 0.728. The number of nitrogens with two attached hydrogens (primary N) is 1. The average molecular weight is 276 g/mol. The second kappa shape index (κ2) is 5.63. The number of hydrogen-bond acceptors (Lipinski definition) is 3. The van der Waals surface area contributed by atoms with Gasteiger partial charge in [0.15, 0.2) is 5.54 Å². The SMILES string of the molecule is CC(NC(=O)CC(N)C1CC1)(C(=O)O)c1ccccc1. The Morgan fingerprint density at radius 2 is 2.00 bits per heavy atom. The maximum Gasteiger partial charge on any atom is 0.333 e. The number of carboxylic acid groups (broad SMARTS) is 1. The van der Waals surface area contributed by atoms with Crippen LogP contribution in [0.15, 0.2) is 30.3 Å². The highest BCUT2D eigenvalue weighted by Crippen LogP contribution is 2.33. The molecule has 1 aliphatic carbocycles. The average Bonchev–Trinajstić information content (AvgIpc) is 3.23. The van der Waals surface area contributed by atoms with E-state index in [1.54, 1.807) is 30.3 Å². The monoisotopic (exact) mass is 276 g/mol. The van der Waals surface area contributed by atoms with E-state index in [9.17, 15) is 14.7 Å². The van der Waals surface area contributed by atoms with Crippen LogP contribution < -0.4 is 11.1 Å². The van der Waals surface area contributed by atoms with Crippen LogP contribution in [0.5, 0.6) is 0 Å². The van der Waals surface area contributed by atoms with Crippen LogP contribution in [0.1, 0.15) is 31.7 Å². The predicted molar refractivity (Wildman–Crippen MR) is 74.9 cm³/mol. The molecule has 4 N–H and O–H groups in total. The summed E-state index contributed by atoms with van der Waals surface area (Å²) in [6, 6.07) is 8.50. The van der Waals surface area contributed by atoms with Crippen molar-refractivity contribution in [2.24, 2.45) is 11.7 Å². The number of benzene rings is 1. The Balaban J connectivity index is 2.09. The van der Waals surface area contributed by atoms with Crippen molar-refractivity contribution in [2.75, 3.05) is 0 Å². The zero-order valence-corrected chi connectivity index (χ0v) is 11.5. The summed E-state index contributed by atoms with van der Waals surface area (Å²) in [5.41, 5.74) is 5.02.